The zero-order chi connectivity index (χ0) is 19.1. The van der Waals surface area contributed by atoms with E-state index in [0.717, 1.165) is 49.9 Å². The van der Waals surface area contributed by atoms with Gasteiger partial charge in [0.1, 0.15) is 0 Å². The van der Waals surface area contributed by atoms with Crippen molar-refractivity contribution in [1.82, 2.24) is 14.5 Å². The maximum Gasteiger partial charge on any atom is 0.331 e. The first-order valence-electron chi connectivity index (χ1n) is 9.28. The van der Waals surface area contributed by atoms with E-state index in [-0.39, 0.29) is 5.38 Å². The molecule has 6 nitrogen and oxygen atoms in total. The highest BCUT2D eigenvalue weighted by molar-refractivity contribution is 7.83. The first-order chi connectivity index (χ1) is 12.9. The number of halogens is 1. The Morgan fingerprint density at radius 3 is 2.37 bits per heavy atom. The van der Waals surface area contributed by atoms with Crippen molar-refractivity contribution < 1.29 is 9.00 Å². The molecular weight excluding hydrogens is 384 g/mol. The van der Waals surface area contributed by atoms with Gasteiger partial charge in [0.2, 0.25) is 0 Å². The lowest BCUT2D eigenvalue weighted by molar-refractivity contribution is 0.257. The van der Waals surface area contributed by atoms with Crippen LogP contribution in [0.25, 0.3) is 0 Å². The van der Waals surface area contributed by atoms with E-state index in [4.69, 9.17) is 11.6 Å². The first kappa shape index (κ1) is 18.5. The summed E-state index contributed by atoms with van der Waals surface area (Å²) >= 11 is 6.09. The average molecular weight is 407 g/mol. The van der Waals surface area contributed by atoms with Crippen LogP contribution in [0, 0.1) is 0 Å². The Kier molecular flexibility index (Phi) is 4.99. The molecule has 1 aromatic heterocycles. The maximum atomic E-state index is 12.5. The highest BCUT2D eigenvalue weighted by Gasteiger charge is 2.25. The molecule has 2 aliphatic carbocycles. The van der Waals surface area contributed by atoms with Crippen LogP contribution in [-0.4, -0.2) is 20.0 Å². The topological polar surface area (TPSA) is 76.0 Å². The van der Waals surface area contributed by atoms with E-state index < -0.39 is 17.0 Å². The number of hydrogen-bond acceptors (Lipinski definition) is 3. The summed E-state index contributed by atoms with van der Waals surface area (Å²) in [4.78, 5) is 12.5. The molecule has 144 valence electrons. The van der Waals surface area contributed by atoms with Crippen LogP contribution >= 0.6 is 11.6 Å². The molecule has 2 N–H and O–H groups in total. The van der Waals surface area contributed by atoms with Gasteiger partial charge in [-0.25, -0.2) is 9.00 Å². The third-order valence-electron chi connectivity index (χ3n) is 5.39. The van der Waals surface area contributed by atoms with Crippen LogP contribution in [0.4, 0.5) is 10.5 Å². The van der Waals surface area contributed by atoms with Gasteiger partial charge in [0.05, 0.1) is 11.1 Å². The van der Waals surface area contributed by atoms with Gasteiger partial charge in [0.15, 0.2) is 16.0 Å². The van der Waals surface area contributed by atoms with Crippen molar-refractivity contribution in [2.75, 3.05) is 5.32 Å². The fourth-order valence-electron chi connectivity index (χ4n) is 4.16. The third-order valence-corrected chi connectivity index (χ3v) is 6.56. The van der Waals surface area contributed by atoms with Crippen LogP contribution in [0.2, 0.25) is 0 Å². The summed E-state index contributed by atoms with van der Waals surface area (Å²) in [7, 11) is -0.000716. The molecule has 2 unspecified atom stereocenters. The van der Waals surface area contributed by atoms with E-state index >= 15 is 0 Å². The summed E-state index contributed by atoms with van der Waals surface area (Å²) in [6, 6.07) is 3.51. The molecule has 0 saturated heterocycles. The second-order valence-electron chi connectivity index (χ2n) is 7.21. The van der Waals surface area contributed by atoms with Gasteiger partial charge in [0.25, 0.3) is 0 Å². The van der Waals surface area contributed by atoms with Crippen LogP contribution in [-0.2, 0) is 43.7 Å². The van der Waals surface area contributed by atoms with Crippen molar-refractivity contribution in [2.45, 2.75) is 55.9 Å². The van der Waals surface area contributed by atoms with E-state index in [1.165, 1.54) is 22.3 Å². The van der Waals surface area contributed by atoms with Gasteiger partial charge in [-0.2, -0.15) is 5.10 Å². The van der Waals surface area contributed by atoms with Gasteiger partial charge >= 0.3 is 6.03 Å². The molecule has 2 atom stereocenters. The number of amides is 2. The van der Waals surface area contributed by atoms with E-state index in [9.17, 15) is 9.00 Å². The van der Waals surface area contributed by atoms with Gasteiger partial charge in [0, 0.05) is 12.7 Å². The number of aromatic nitrogens is 2. The molecule has 2 aromatic rings. The molecule has 0 radical (unpaired) electrons. The Balaban J connectivity index is 1.52. The number of nitrogens with zero attached hydrogens (tertiary/aromatic N) is 2. The molecule has 2 amide bonds. The van der Waals surface area contributed by atoms with E-state index in [1.54, 1.807) is 17.8 Å². The molecule has 0 saturated carbocycles. The number of nitrogens with one attached hydrogen (secondary N) is 2. The highest BCUT2D eigenvalue weighted by Crippen LogP contribution is 2.38. The molecule has 0 aliphatic heterocycles. The highest BCUT2D eigenvalue weighted by atomic mass is 35.5. The summed E-state index contributed by atoms with van der Waals surface area (Å²) in [6.07, 6.45) is 6.34. The number of fused-ring (bicyclic) bond motifs is 2. The molecule has 1 heterocycles. The number of urea groups is 1. The van der Waals surface area contributed by atoms with Crippen LogP contribution in [0.3, 0.4) is 0 Å². The van der Waals surface area contributed by atoms with Crippen molar-refractivity contribution >= 4 is 34.3 Å². The quantitative estimate of drug-likeness (QED) is 0.762. The largest absolute Gasteiger partial charge is 0.331 e. The predicted molar refractivity (Wildman–Crippen MR) is 107 cm³/mol. The Morgan fingerprint density at radius 1 is 1.19 bits per heavy atom. The first-order valence-corrected chi connectivity index (χ1v) is 10.9. The zero-order valence-electron chi connectivity index (χ0n) is 15.5. The van der Waals surface area contributed by atoms with Crippen LogP contribution in [0.5, 0.6) is 0 Å². The lowest BCUT2D eigenvalue weighted by atomic mass is 9.99. The second kappa shape index (κ2) is 7.28. The Morgan fingerprint density at radius 2 is 1.81 bits per heavy atom. The van der Waals surface area contributed by atoms with Crippen molar-refractivity contribution in [2.24, 2.45) is 7.05 Å². The molecule has 0 spiro atoms. The fourth-order valence-corrected chi connectivity index (χ4v) is 5.11. The fraction of sp³-hybridized carbons (Fsp3) is 0.474. The van der Waals surface area contributed by atoms with Gasteiger partial charge in [-0.15, -0.1) is 11.6 Å². The van der Waals surface area contributed by atoms with E-state index in [2.05, 4.69) is 21.2 Å². The molecule has 2 aliphatic rings. The minimum atomic E-state index is -1.74. The number of rotatable bonds is 4. The van der Waals surface area contributed by atoms with Gasteiger partial charge in [-0.1, -0.05) is 6.07 Å². The molecule has 8 heteroatoms. The molecule has 0 fully saturated rings. The molecule has 1 aromatic carbocycles. The van der Waals surface area contributed by atoms with Gasteiger partial charge in [-0.05, 0) is 73.8 Å². The van der Waals surface area contributed by atoms with Gasteiger partial charge < -0.3 is 5.32 Å². The monoisotopic (exact) mass is 406 g/mol. The number of carbonyl (C=O) groups is 1. The Hall–Kier alpha value is -1.86. The van der Waals surface area contributed by atoms with Crippen molar-refractivity contribution in [3.63, 3.8) is 0 Å². The second-order valence-corrected chi connectivity index (χ2v) is 9.02. The minimum Gasteiger partial charge on any atom is -0.307 e. The number of aryl methyl sites for hydroxylation is 3. The zero-order valence-corrected chi connectivity index (χ0v) is 17.0. The van der Waals surface area contributed by atoms with Crippen molar-refractivity contribution in [3.05, 3.63) is 40.1 Å². The number of hydrogen-bond donors (Lipinski definition) is 2. The summed E-state index contributed by atoms with van der Waals surface area (Å²) < 4.78 is 16.6. The minimum absolute atomic E-state index is 0.253. The molecule has 0 bridgehead atoms. The Bertz CT molecular complexity index is 906. The standard InChI is InChI=1S/C19H23ClN4O2S/c1-11(20)16-10-17(22-24(16)2)27(26)23-19(25)21-18-14-7-3-5-12(14)9-13-6-4-8-15(13)18/h9-11H,3-8H2,1-2H3,(H2,21,23,25). The molecule has 27 heavy (non-hydrogen) atoms. The number of benzene rings is 1. The third kappa shape index (κ3) is 3.50. The van der Waals surface area contributed by atoms with Crippen molar-refractivity contribution in [1.29, 1.82) is 0 Å². The SMILES string of the molecule is CC(Cl)c1cc(S(=O)NC(=O)Nc2c3c(cc4c2CCC4)CCC3)nn1C. The van der Waals surface area contributed by atoms with E-state index in [1.807, 2.05) is 6.92 Å². The lowest BCUT2D eigenvalue weighted by Gasteiger charge is -2.16. The lowest BCUT2D eigenvalue weighted by Crippen LogP contribution is -2.31. The number of carbonyl (C=O) groups excluding carboxylic acids is 1. The summed E-state index contributed by atoms with van der Waals surface area (Å²) in [6.45, 7) is 1.82. The smallest absolute Gasteiger partial charge is 0.307 e. The van der Waals surface area contributed by atoms with Crippen LogP contribution in [0.1, 0.15) is 53.1 Å². The van der Waals surface area contributed by atoms with Crippen molar-refractivity contribution in [3.8, 4) is 0 Å². The van der Waals surface area contributed by atoms with Gasteiger partial charge in [-0.3, -0.25) is 9.40 Å². The molecule has 4 rings (SSSR count). The van der Waals surface area contributed by atoms with E-state index in [0.29, 0.717) is 5.03 Å². The predicted octanol–water partition coefficient (Wildman–Crippen LogP) is 3.54. The van der Waals surface area contributed by atoms with Crippen LogP contribution < -0.4 is 10.0 Å². The molecular formula is C19H23ClN4O2S. The summed E-state index contributed by atoms with van der Waals surface area (Å²) in [5.41, 5.74) is 6.86. The summed E-state index contributed by atoms with van der Waals surface area (Å²) in [5, 5.41) is 7.22. The maximum absolute atomic E-state index is 12.5. The van der Waals surface area contributed by atoms with Crippen LogP contribution in [0.15, 0.2) is 17.2 Å². The summed E-state index contributed by atoms with van der Waals surface area (Å²) in [5.74, 6) is 0. The number of alkyl halides is 1. The number of anilines is 1. The average Bonchev–Trinajstić information content (AvgIpc) is 3.32. The normalized spacial score (nSPS) is 17.3. The Labute approximate surface area is 166 Å².